The number of carbonyl (C=O) groups is 2. The molecule has 1 fully saturated rings. The average Bonchev–Trinajstić information content (AvgIpc) is 2.94. The lowest BCUT2D eigenvalue weighted by atomic mass is 9.97. The lowest BCUT2D eigenvalue weighted by Crippen LogP contribution is -2.27. The van der Waals surface area contributed by atoms with Gasteiger partial charge in [-0.25, -0.2) is 0 Å². The molecule has 2 aromatic heterocycles. The molecular weight excluding hydrogens is 318 g/mol. The number of rotatable bonds is 4. The van der Waals surface area contributed by atoms with Gasteiger partial charge in [-0.2, -0.15) is 0 Å². The summed E-state index contributed by atoms with van der Waals surface area (Å²) >= 11 is 0. The third-order valence-electron chi connectivity index (χ3n) is 4.31. The molecule has 0 aliphatic carbocycles. The normalized spacial score (nSPS) is 17.8. The van der Waals surface area contributed by atoms with Crippen molar-refractivity contribution < 1.29 is 14.7 Å². The minimum Gasteiger partial charge on any atom is -0.507 e. The third kappa shape index (κ3) is 3.57. The van der Waals surface area contributed by atoms with E-state index in [1.54, 1.807) is 36.3 Å². The molecule has 0 saturated carbocycles. The number of aliphatic hydroxyl groups is 1. The van der Waals surface area contributed by atoms with Crippen LogP contribution in [0.3, 0.4) is 0 Å². The van der Waals surface area contributed by atoms with Crippen LogP contribution in [0.5, 0.6) is 0 Å². The van der Waals surface area contributed by atoms with Crippen molar-refractivity contribution in [3.8, 4) is 0 Å². The minimum absolute atomic E-state index is 0.0478. The lowest BCUT2D eigenvalue weighted by Gasteiger charge is -2.09. The molecule has 1 saturated heterocycles. The molecule has 3 rings (SSSR count). The third-order valence-corrected chi connectivity index (χ3v) is 4.31. The summed E-state index contributed by atoms with van der Waals surface area (Å²) in [6, 6.07) is 6.86. The number of hydrogen-bond donors (Lipinski definition) is 1. The summed E-state index contributed by atoms with van der Waals surface area (Å²) in [6.45, 7) is 2.47. The smallest absolute Gasteiger partial charge is 0.233 e. The number of amides is 1. The van der Waals surface area contributed by atoms with Gasteiger partial charge in [0.2, 0.25) is 5.91 Å². The van der Waals surface area contributed by atoms with Gasteiger partial charge in [0.1, 0.15) is 11.7 Å². The Bertz CT molecular complexity index is 826. The summed E-state index contributed by atoms with van der Waals surface area (Å²) in [5.41, 5.74) is 2.38. The van der Waals surface area contributed by atoms with Crippen LogP contribution in [0.1, 0.15) is 33.7 Å². The Morgan fingerprint density at radius 1 is 1.20 bits per heavy atom. The topological polar surface area (TPSA) is 83.4 Å². The van der Waals surface area contributed by atoms with E-state index in [0.717, 1.165) is 5.69 Å². The molecule has 1 aliphatic rings. The number of likely N-dealkylation sites (tertiary alicyclic amines) is 1. The van der Waals surface area contributed by atoms with Gasteiger partial charge in [0, 0.05) is 48.9 Å². The summed E-state index contributed by atoms with van der Waals surface area (Å²) in [4.78, 5) is 34.3. The maximum atomic E-state index is 12.4. The van der Waals surface area contributed by atoms with Gasteiger partial charge >= 0.3 is 0 Å². The van der Waals surface area contributed by atoms with E-state index in [1.807, 2.05) is 13.0 Å². The Morgan fingerprint density at radius 3 is 2.48 bits per heavy atom. The van der Waals surface area contributed by atoms with Gasteiger partial charge in [-0.05, 0) is 37.6 Å². The molecular formula is C19H19N3O3. The van der Waals surface area contributed by atoms with Crippen molar-refractivity contribution in [1.82, 2.24) is 14.9 Å². The van der Waals surface area contributed by atoms with E-state index in [1.165, 1.54) is 12.3 Å². The molecule has 1 unspecified atom stereocenters. The van der Waals surface area contributed by atoms with Crippen LogP contribution in [-0.4, -0.2) is 45.3 Å². The van der Waals surface area contributed by atoms with Crippen LogP contribution < -0.4 is 0 Å². The van der Waals surface area contributed by atoms with Crippen molar-refractivity contribution in [2.45, 2.75) is 13.3 Å². The Labute approximate surface area is 145 Å². The second-order valence-electron chi connectivity index (χ2n) is 6.15. The second-order valence-corrected chi connectivity index (χ2v) is 6.15. The lowest BCUT2D eigenvalue weighted by molar-refractivity contribution is -0.128. The number of carbonyl (C=O) groups excluding carboxylic acids is 2. The zero-order valence-electron chi connectivity index (χ0n) is 14.1. The van der Waals surface area contributed by atoms with E-state index in [0.29, 0.717) is 29.8 Å². The maximum Gasteiger partial charge on any atom is 0.233 e. The highest BCUT2D eigenvalue weighted by Gasteiger charge is 2.35. The molecule has 1 aliphatic heterocycles. The second kappa shape index (κ2) is 6.84. The highest BCUT2D eigenvalue weighted by Crippen LogP contribution is 2.21. The quantitative estimate of drug-likeness (QED) is 0.526. The number of hydrogen-bond acceptors (Lipinski definition) is 5. The summed E-state index contributed by atoms with van der Waals surface area (Å²) < 4.78 is 0. The molecule has 128 valence electrons. The Morgan fingerprint density at radius 2 is 1.92 bits per heavy atom. The van der Waals surface area contributed by atoms with Crippen LogP contribution in [0.2, 0.25) is 0 Å². The molecule has 0 aromatic carbocycles. The van der Waals surface area contributed by atoms with Crippen molar-refractivity contribution in [1.29, 1.82) is 0 Å². The van der Waals surface area contributed by atoms with Gasteiger partial charge in [-0.15, -0.1) is 0 Å². The molecule has 6 heteroatoms. The van der Waals surface area contributed by atoms with Crippen LogP contribution in [0, 0.1) is 12.8 Å². The first-order chi connectivity index (χ1) is 12.0. The van der Waals surface area contributed by atoms with Crippen LogP contribution in [-0.2, 0) is 4.79 Å². The van der Waals surface area contributed by atoms with Gasteiger partial charge in [-0.1, -0.05) is 0 Å². The number of nitrogens with zero attached hydrogens (tertiary/aromatic N) is 3. The molecule has 1 N–H and O–H groups in total. The van der Waals surface area contributed by atoms with E-state index in [4.69, 9.17) is 0 Å². The van der Waals surface area contributed by atoms with Gasteiger partial charge in [0.15, 0.2) is 5.78 Å². The fourth-order valence-corrected chi connectivity index (χ4v) is 2.75. The zero-order valence-corrected chi connectivity index (χ0v) is 14.1. The maximum absolute atomic E-state index is 12.4. The van der Waals surface area contributed by atoms with Crippen molar-refractivity contribution in [3.05, 3.63) is 59.2 Å². The fourth-order valence-electron chi connectivity index (χ4n) is 2.75. The van der Waals surface area contributed by atoms with Crippen LogP contribution in [0.4, 0.5) is 0 Å². The van der Waals surface area contributed by atoms with E-state index in [9.17, 15) is 14.7 Å². The Hall–Kier alpha value is -3.02. The first-order valence-electron chi connectivity index (χ1n) is 8.04. The van der Waals surface area contributed by atoms with Crippen LogP contribution in [0.25, 0.3) is 11.8 Å². The summed E-state index contributed by atoms with van der Waals surface area (Å²) in [7, 11) is 1.70. The van der Waals surface area contributed by atoms with Crippen molar-refractivity contribution in [2.75, 3.05) is 13.6 Å². The van der Waals surface area contributed by atoms with Gasteiger partial charge in [0.25, 0.3) is 0 Å². The number of Topliss-reactive ketones (excluding diaryl/α,β-unsaturated/α-hetero) is 1. The fraction of sp³-hybridized carbons (Fsp3) is 0.263. The average molecular weight is 337 g/mol. The number of aryl methyl sites for hydroxylation is 1. The monoisotopic (exact) mass is 337 g/mol. The highest BCUT2D eigenvalue weighted by atomic mass is 16.3. The molecule has 1 atom stereocenters. The Kier molecular flexibility index (Phi) is 4.61. The molecule has 1 amide bonds. The highest BCUT2D eigenvalue weighted by molar-refractivity contribution is 6.10. The van der Waals surface area contributed by atoms with Crippen LogP contribution in [0.15, 0.2) is 36.7 Å². The number of ketones is 1. The SMILES string of the molecule is Cc1ccc(/C(O)=C/c2ccc(C(=O)C3CCN(C)C3=O)cn2)cn1. The molecule has 3 heterocycles. The summed E-state index contributed by atoms with van der Waals surface area (Å²) in [6.07, 6.45) is 5.08. The van der Waals surface area contributed by atoms with Crippen molar-refractivity contribution >= 4 is 23.5 Å². The molecule has 0 spiro atoms. The van der Waals surface area contributed by atoms with Crippen LogP contribution >= 0.6 is 0 Å². The van der Waals surface area contributed by atoms with Crippen molar-refractivity contribution in [2.24, 2.45) is 5.92 Å². The molecule has 6 nitrogen and oxygen atoms in total. The minimum atomic E-state index is -0.611. The van der Waals surface area contributed by atoms with Crippen molar-refractivity contribution in [3.63, 3.8) is 0 Å². The van der Waals surface area contributed by atoms with E-state index in [2.05, 4.69) is 9.97 Å². The number of aliphatic hydroxyl groups excluding tert-OH is 1. The standard InChI is InChI=1S/C19H19N3O3/c1-12-3-4-13(10-20-12)17(23)9-15-6-5-14(11-21-15)18(24)16-7-8-22(2)19(16)25/h3-6,9-11,16,23H,7-8H2,1-2H3/b17-9-. The predicted octanol–water partition coefficient (Wildman–Crippen LogP) is 2.50. The summed E-state index contributed by atoms with van der Waals surface area (Å²) in [5.74, 6) is -0.908. The van der Waals surface area contributed by atoms with E-state index >= 15 is 0 Å². The molecule has 0 bridgehead atoms. The van der Waals surface area contributed by atoms with E-state index in [-0.39, 0.29) is 17.4 Å². The van der Waals surface area contributed by atoms with Gasteiger partial charge in [-0.3, -0.25) is 19.6 Å². The molecule has 2 aromatic rings. The molecule has 25 heavy (non-hydrogen) atoms. The predicted molar refractivity (Wildman–Crippen MR) is 93.8 cm³/mol. The first kappa shape index (κ1) is 16.8. The van der Waals surface area contributed by atoms with Gasteiger partial charge < -0.3 is 10.0 Å². The zero-order chi connectivity index (χ0) is 18.0. The first-order valence-corrected chi connectivity index (χ1v) is 8.04. The Balaban J connectivity index is 1.76. The number of pyridine rings is 2. The molecule has 0 radical (unpaired) electrons. The van der Waals surface area contributed by atoms with E-state index < -0.39 is 5.92 Å². The summed E-state index contributed by atoms with van der Waals surface area (Å²) in [5, 5.41) is 10.1. The largest absolute Gasteiger partial charge is 0.507 e. The number of aromatic nitrogens is 2. The van der Waals surface area contributed by atoms with Gasteiger partial charge in [0.05, 0.1) is 5.69 Å².